The third-order valence-corrected chi connectivity index (χ3v) is 1.84. The Labute approximate surface area is 93.2 Å². The molecule has 1 aromatic heterocycles. The van der Waals surface area contributed by atoms with Crippen molar-refractivity contribution in [3.8, 4) is 0 Å². The molecule has 1 amide bonds. The summed E-state index contributed by atoms with van der Waals surface area (Å²) < 4.78 is 1.26. The molecule has 16 heavy (non-hydrogen) atoms. The van der Waals surface area contributed by atoms with Crippen molar-refractivity contribution in [2.45, 2.75) is 26.8 Å². The molecule has 1 heterocycles. The lowest BCUT2D eigenvalue weighted by molar-refractivity contribution is 0.0358. The fourth-order valence-electron chi connectivity index (χ4n) is 1.13. The number of carbonyl (C=O) groups excluding carboxylic acids is 1. The Balaban J connectivity index is 2.85. The Morgan fingerprint density at radius 2 is 2.25 bits per heavy atom. The first-order chi connectivity index (χ1) is 7.69. The summed E-state index contributed by atoms with van der Waals surface area (Å²) in [5.41, 5.74) is 2.18. The third kappa shape index (κ3) is 3.16. The molecule has 1 rings (SSSR count). The van der Waals surface area contributed by atoms with Crippen molar-refractivity contribution in [2.75, 3.05) is 6.61 Å². The summed E-state index contributed by atoms with van der Waals surface area (Å²) in [7, 11) is 0. The number of hydrogen-bond donors (Lipinski definition) is 1. The van der Waals surface area contributed by atoms with Gasteiger partial charge in [0.25, 0.3) is 11.5 Å². The van der Waals surface area contributed by atoms with Crippen molar-refractivity contribution in [3.63, 3.8) is 0 Å². The van der Waals surface area contributed by atoms with Gasteiger partial charge in [-0.15, -0.1) is 0 Å². The van der Waals surface area contributed by atoms with Gasteiger partial charge in [0.2, 0.25) is 0 Å². The molecule has 88 valence electrons. The molecule has 1 aromatic rings. The quantitative estimate of drug-likeness (QED) is 0.733. The van der Waals surface area contributed by atoms with Crippen LogP contribution in [0.5, 0.6) is 0 Å². The van der Waals surface area contributed by atoms with E-state index in [9.17, 15) is 9.59 Å². The first-order valence-electron chi connectivity index (χ1n) is 5.19. The predicted molar refractivity (Wildman–Crippen MR) is 57.9 cm³/mol. The molecule has 0 aliphatic carbocycles. The van der Waals surface area contributed by atoms with E-state index in [0.717, 1.165) is 6.42 Å². The summed E-state index contributed by atoms with van der Waals surface area (Å²) in [5.74, 6) is -0.452. The molecular formula is C10H15N3O3. The first-order valence-corrected chi connectivity index (χ1v) is 5.19. The van der Waals surface area contributed by atoms with Crippen molar-refractivity contribution in [2.24, 2.45) is 0 Å². The maximum absolute atomic E-state index is 11.5. The lowest BCUT2D eigenvalue weighted by Gasteiger charge is -2.05. The van der Waals surface area contributed by atoms with Crippen molar-refractivity contribution < 1.29 is 9.63 Å². The first kappa shape index (κ1) is 12.4. The minimum atomic E-state index is -0.452. The van der Waals surface area contributed by atoms with Crippen LogP contribution >= 0.6 is 0 Å². The maximum atomic E-state index is 11.5. The average Bonchev–Trinajstić information content (AvgIpc) is 2.29. The van der Waals surface area contributed by atoms with Crippen LogP contribution in [0.2, 0.25) is 0 Å². The van der Waals surface area contributed by atoms with E-state index >= 15 is 0 Å². The van der Waals surface area contributed by atoms with E-state index in [-0.39, 0.29) is 11.3 Å². The number of hydroxylamine groups is 1. The van der Waals surface area contributed by atoms with Crippen LogP contribution in [0, 0.1) is 0 Å². The summed E-state index contributed by atoms with van der Waals surface area (Å²) in [6.45, 7) is 4.56. The van der Waals surface area contributed by atoms with E-state index < -0.39 is 5.91 Å². The molecule has 1 N–H and O–H groups in total. The molecule has 0 spiro atoms. The van der Waals surface area contributed by atoms with E-state index in [4.69, 9.17) is 4.84 Å². The van der Waals surface area contributed by atoms with Crippen LogP contribution in [-0.2, 0) is 11.4 Å². The molecule has 0 saturated heterocycles. The molecule has 0 unspecified atom stereocenters. The van der Waals surface area contributed by atoms with Gasteiger partial charge in [-0.1, -0.05) is 6.92 Å². The van der Waals surface area contributed by atoms with E-state index in [1.807, 2.05) is 6.92 Å². The SMILES string of the molecule is CCCn1nc(C(=O)NOCC)ccc1=O. The number of rotatable bonds is 5. The normalized spacial score (nSPS) is 10.1. The van der Waals surface area contributed by atoms with Crippen LogP contribution in [0.4, 0.5) is 0 Å². The highest BCUT2D eigenvalue weighted by Crippen LogP contribution is 1.91. The van der Waals surface area contributed by atoms with E-state index in [1.165, 1.54) is 16.8 Å². The Hall–Kier alpha value is -1.69. The van der Waals surface area contributed by atoms with Crippen LogP contribution in [0.1, 0.15) is 30.8 Å². The number of nitrogens with one attached hydrogen (secondary N) is 1. The Morgan fingerprint density at radius 1 is 1.50 bits per heavy atom. The van der Waals surface area contributed by atoms with Crippen LogP contribution in [-0.4, -0.2) is 22.3 Å². The molecule has 0 atom stereocenters. The number of hydrogen-bond acceptors (Lipinski definition) is 4. The summed E-state index contributed by atoms with van der Waals surface area (Å²) in [6, 6.07) is 2.70. The maximum Gasteiger partial charge on any atom is 0.295 e. The largest absolute Gasteiger partial charge is 0.295 e. The van der Waals surface area contributed by atoms with Gasteiger partial charge < -0.3 is 0 Å². The second-order valence-corrected chi connectivity index (χ2v) is 3.14. The smallest absolute Gasteiger partial charge is 0.274 e. The monoisotopic (exact) mass is 225 g/mol. The van der Waals surface area contributed by atoms with Gasteiger partial charge in [0.05, 0.1) is 6.61 Å². The van der Waals surface area contributed by atoms with Gasteiger partial charge in [0, 0.05) is 12.6 Å². The zero-order valence-electron chi connectivity index (χ0n) is 9.40. The van der Waals surface area contributed by atoms with Crippen LogP contribution in [0.15, 0.2) is 16.9 Å². The van der Waals surface area contributed by atoms with Crippen molar-refractivity contribution in [1.29, 1.82) is 0 Å². The number of aromatic nitrogens is 2. The molecule has 0 bridgehead atoms. The molecule has 0 aromatic carbocycles. The van der Waals surface area contributed by atoms with Crippen LogP contribution in [0.3, 0.4) is 0 Å². The van der Waals surface area contributed by atoms with Gasteiger partial charge in [-0.25, -0.2) is 10.2 Å². The summed E-state index contributed by atoms with van der Waals surface area (Å²) in [4.78, 5) is 27.5. The van der Waals surface area contributed by atoms with Crippen molar-refractivity contribution >= 4 is 5.91 Å². The van der Waals surface area contributed by atoms with Gasteiger partial charge in [0.1, 0.15) is 0 Å². The highest BCUT2D eigenvalue weighted by molar-refractivity contribution is 5.91. The summed E-state index contributed by atoms with van der Waals surface area (Å²) in [5, 5.41) is 3.93. The Bertz CT molecular complexity index is 414. The molecule has 0 aliphatic heterocycles. The second kappa shape index (κ2) is 6.02. The number of amides is 1. The lowest BCUT2D eigenvalue weighted by Crippen LogP contribution is -2.29. The lowest BCUT2D eigenvalue weighted by atomic mass is 10.4. The predicted octanol–water partition coefficient (Wildman–Crippen LogP) is 0.335. The zero-order valence-corrected chi connectivity index (χ0v) is 9.40. The van der Waals surface area contributed by atoms with Gasteiger partial charge in [0.15, 0.2) is 5.69 Å². The van der Waals surface area contributed by atoms with Crippen LogP contribution < -0.4 is 11.0 Å². The van der Waals surface area contributed by atoms with Gasteiger partial charge in [-0.3, -0.25) is 14.4 Å². The van der Waals surface area contributed by atoms with Gasteiger partial charge in [-0.2, -0.15) is 5.10 Å². The minimum Gasteiger partial charge on any atom is -0.274 e. The van der Waals surface area contributed by atoms with E-state index in [0.29, 0.717) is 13.2 Å². The Kier molecular flexibility index (Phi) is 4.65. The zero-order chi connectivity index (χ0) is 12.0. The summed E-state index contributed by atoms with van der Waals surface area (Å²) >= 11 is 0. The number of aryl methyl sites for hydroxylation is 1. The van der Waals surface area contributed by atoms with Gasteiger partial charge >= 0.3 is 0 Å². The minimum absolute atomic E-state index is 0.168. The highest BCUT2D eigenvalue weighted by atomic mass is 16.6. The Morgan fingerprint density at radius 3 is 2.88 bits per heavy atom. The third-order valence-electron chi connectivity index (χ3n) is 1.84. The fourth-order valence-corrected chi connectivity index (χ4v) is 1.13. The van der Waals surface area contributed by atoms with E-state index in [2.05, 4.69) is 10.6 Å². The van der Waals surface area contributed by atoms with E-state index in [1.54, 1.807) is 6.92 Å². The number of carbonyl (C=O) groups is 1. The molecule has 0 fully saturated rings. The molecule has 0 aliphatic rings. The molecule has 0 radical (unpaired) electrons. The second-order valence-electron chi connectivity index (χ2n) is 3.14. The highest BCUT2D eigenvalue weighted by Gasteiger charge is 2.08. The standard InChI is InChI=1S/C10H15N3O3/c1-3-7-13-9(14)6-5-8(11-13)10(15)12-16-4-2/h5-6H,3-4,7H2,1-2H3,(H,12,15). The van der Waals surface area contributed by atoms with Crippen molar-refractivity contribution in [1.82, 2.24) is 15.3 Å². The van der Waals surface area contributed by atoms with Crippen molar-refractivity contribution in [3.05, 3.63) is 28.2 Å². The van der Waals surface area contributed by atoms with Crippen LogP contribution in [0.25, 0.3) is 0 Å². The number of nitrogens with zero attached hydrogens (tertiary/aromatic N) is 2. The van der Waals surface area contributed by atoms with Gasteiger partial charge in [-0.05, 0) is 19.4 Å². The topological polar surface area (TPSA) is 73.2 Å². The molecule has 6 nitrogen and oxygen atoms in total. The molecule has 6 heteroatoms. The summed E-state index contributed by atoms with van der Waals surface area (Å²) in [6.07, 6.45) is 0.781. The fraction of sp³-hybridized carbons (Fsp3) is 0.500. The molecule has 0 saturated carbocycles. The average molecular weight is 225 g/mol. The molecular weight excluding hydrogens is 210 g/mol.